The van der Waals surface area contributed by atoms with E-state index < -0.39 is 0 Å². The van der Waals surface area contributed by atoms with Crippen molar-refractivity contribution in [3.05, 3.63) is 53.5 Å². The van der Waals surface area contributed by atoms with Gasteiger partial charge < -0.3 is 23.9 Å². The zero-order valence-electron chi connectivity index (χ0n) is 15.9. The lowest BCUT2D eigenvalue weighted by molar-refractivity contribution is 0.120. The zero-order valence-corrected chi connectivity index (χ0v) is 15.9. The Morgan fingerprint density at radius 2 is 1.93 bits per heavy atom. The normalized spacial score (nSPS) is 17.3. The first kappa shape index (κ1) is 16.9. The van der Waals surface area contributed by atoms with Crippen LogP contribution in [0.15, 0.2) is 40.8 Å². The highest BCUT2D eigenvalue weighted by atomic mass is 19.1. The first-order chi connectivity index (χ1) is 14.3. The SMILES string of the molecule is Fc1cccc2[nH]c3c(c12)CN(c1ccc2oc(N4CCOCC4)nc2c1)CC3. The van der Waals surface area contributed by atoms with E-state index in [-0.39, 0.29) is 5.82 Å². The summed E-state index contributed by atoms with van der Waals surface area (Å²) in [6.45, 7) is 4.53. The van der Waals surface area contributed by atoms with Crippen molar-refractivity contribution in [2.45, 2.75) is 13.0 Å². The highest BCUT2D eigenvalue weighted by molar-refractivity contribution is 5.86. The summed E-state index contributed by atoms with van der Waals surface area (Å²) in [7, 11) is 0. The fourth-order valence-corrected chi connectivity index (χ4v) is 4.44. The number of fused-ring (bicyclic) bond motifs is 4. The summed E-state index contributed by atoms with van der Waals surface area (Å²) in [5, 5.41) is 0.712. The van der Waals surface area contributed by atoms with Gasteiger partial charge in [0.25, 0.3) is 6.01 Å². The molecular weight excluding hydrogens is 371 g/mol. The van der Waals surface area contributed by atoms with Crippen molar-refractivity contribution in [2.75, 3.05) is 42.6 Å². The Morgan fingerprint density at radius 3 is 2.83 bits per heavy atom. The number of aromatic amines is 1. The largest absolute Gasteiger partial charge is 0.423 e. The average molecular weight is 392 g/mol. The third-order valence-electron chi connectivity index (χ3n) is 5.95. The van der Waals surface area contributed by atoms with E-state index in [1.807, 2.05) is 12.1 Å². The Bertz CT molecular complexity index is 1210. The molecule has 0 saturated carbocycles. The number of morpholine rings is 1. The summed E-state index contributed by atoms with van der Waals surface area (Å²) in [6, 6.07) is 12.0. The smallest absolute Gasteiger partial charge is 0.298 e. The molecule has 0 spiro atoms. The van der Waals surface area contributed by atoms with Crippen molar-refractivity contribution >= 4 is 33.7 Å². The minimum absolute atomic E-state index is 0.163. The summed E-state index contributed by atoms with van der Waals surface area (Å²) < 4.78 is 25.8. The van der Waals surface area contributed by atoms with Crippen molar-refractivity contribution in [2.24, 2.45) is 0 Å². The van der Waals surface area contributed by atoms with Gasteiger partial charge in [0, 0.05) is 60.4 Å². The van der Waals surface area contributed by atoms with Crippen molar-refractivity contribution in [1.29, 1.82) is 0 Å². The molecular formula is C22H21FN4O2. The number of oxazole rings is 1. The van der Waals surface area contributed by atoms with Crippen molar-refractivity contribution < 1.29 is 13.5 Å². The van der Waals surface area contributed by atoms with E-state index in [0.29, 0.717) is 31.2 Å². The van der Waals surface area contributed by atoms with Crippen LogP contribution in [0.4, 0.5) is 16.1 Å². The van der Waals surface area contributed by atoms with E-state index in [9.17, 15) is 4.39 Å². The van der Waals surface area contributed by atoms with Crippen LogP contribution in [0.5, 0.6) is 0 Å². The summed E-state index contributed by atoms with van der Waals surface area (Å²) in [4.78, 5) is 12.5. The monoisotopic (exact) mass is 392 g/mol. The van der Waals surface area contributed by atoms with Crippen LogP contribution in [-0.4, -0.2) is 42.8 Å². The number of aromatic nitrogens is 2. The van der Waals surface area contributed by atoms with E-state index in [2.05, 4.69) is 26.9 Å². The van der Waals surface area contributed by atoms with Gasteiger partial charge in [0.15, 0.2) is 5.58 Å². The lowest BCUT2D eigenvalue weighted by Crippen LogP contribution is -2.36. The molecule has 0 radical (unpaired) electrons. The first-order valence-electron chi connectivity index (χ1n) is 10.0. The van der Waals surface area contributed by atoms with Crippen molar-refractivity contribution in [3.63, 3.8) is 0 Å². The average Bonchev–Trinajstić information content (AvgIpc) is 3.35. The molecule has 0 bridgehead atoms. The Labute approximate surface area is 166 Å². The second-order valence-corrected chi connectivity index (χ2v) is 7.66. The number of halogens is 1. The van der Waals surface area contributed by atoms with Crippen LogP contribution in [-0.2, 0) is 17.7 Å². The molecule has 0 amide bonds. The lowest BCUT2D eigenvalue weighted by Gasteiger charge is -2.29. The second-order valence-electron chi connectivity index (χ2n) is 7.66. The number of nitrogens with zero attached hydrogens (tertiary/aromatic N) is 3. The van der Waals surface area contributed by atoms with Gasteiger partial charge in [0.2, 0.25) is 0 Å². The maximum absolute atomic E-state index is 14.5. The molecule has 4 heterocycles. The molecule has 2 aliphatic heterocycles. The number of anilines is 2. The number of nitrogens with one attached hydrogen (secondary N) is 1. The molecule has 6 rings (SSSR count). The fourth-order valence-electron chi connectivity index (χ4n) is 4.44. The Balaban J connectivity index is 1.33. The summed E-state index contributed by atoms with van der Waals surface area (Å²) in [6.07, 6.45) is 0.860. The van der Waals surface area contributed by atoms with Crippen LogP contribution >= 0.6 is 0 Å². The van der Waals surface area contributed by atoms with Crippen LogP contribution in [0.2, 0.25) is 0 Å². The summed E-state index contributed by atoms with van der Waals surface area (Å²) >= 11 is 0. The fraction of sp³-hybridized carbons (Fsp3) is 0.318. The van der Waals surface area contributed by atoms with Gasteiger partial charge in [-0.25, -0.2) is 4.39 Å². The number of rotatable bonds is 2. The number of ether oxygens (including phenoxy) is 1. The van der Waals surface area contributed by atoms with E-state index >= 15 is 0 Å². The van der Waals surface area contributed by atoms with Gasteiger partial charge >= 0.3 is 0 Å². The van der Waals surface area contributed by atoms with Crippen LogP contribution in [0, 0.1) is 5.82 Å². The molecule has 1 fully saturated rings. The van der Waals surface area contributed by atoms with Crippen LogP contribution < -0.4 is 9.80 Å². The molecule has 7 heteroatoms. The number of hydrogen-bond donors (Lipinski definition) is 1. The molecule has 0 unspecified atom stereocenters. The predicted molar refractivity (Wildman–Crippen MR) is 110 cm³/mol. The third kappa shape index (κ3) is 2.76. The molecule has 2 aromatic carbocycles. The van der Waals surface area contributed by atoms with Gasteiger partial charge in [-0.05, 0) is 30.3 Å². The molecule has 4 aromatic rings. The quantitative estimate of drug-likeness (QED) is 0.562. The van der Waals surface area contributed by atoms with E-state index in [1.54, 1.807) is 6.07 Å². The minimum Gasteiger partial charge on any atom is -0.423 e. The molecule has 0 aliphatic carbocycles. The molecule has 1 N–H and O–H groups in total. The van der Waals surface area contributed by atoms with Gasteiger partial charge in [-0.2, -0.15) is 4.98 Å². The molecule has 29 heavy (non-hydrogen) atoms. The molecule has 148 valence electrons. The molecule has 6 nitrogen and oxygen atoms in total. The summed E-state index contributed by atoms with van der Waals surface area (Å²) in [5.74, 6) is -0.163. The molecule has 2 aromatic heterocycles. The maximum Gasteiger partial charge on any atom is 0.298 e. The van der Waals surface area contributed by atoms with Crippen molar-refractivity contribution in [1.82, 2.24) is 9.97 Å². The van der Waals surface area contributed by atoms with E-state index in [1.165, 1.54) is 6.07 Å². The van der Waals surface area contributed by atoms with Crippen LogP contribution in [0.1, 0.15) is 11.3 Å². The first-order valence-corrected chi connectivity index (χ1v) is 10.0. The molecule has 2 aliphatic rings. The minimum atomic E-state index is -0.163. The predicted octanol–water partition coefficient (Wildman–Crippen LogP) is 3.85. The summed E-state index contributed by atoms with van der Waals surface area (Å²) in [5.41, 5.74) is 5.78. The maximum atomic E-state index is 14.5. The number of hydrogen-bond acceptors (Lipinski definition) is 5. The number of benzene rings is 2. The van der Waals surface area contributed by atoms with Crippen LogP contribution in [0.25, 0.3) is 22.0 Å². The Morgan fingerprint density at radius 1 is 1.03 bits per heavy atom. The standard InChI is InChI=1S/C22H21FN4O2/c23-16-2-1-3-18-21(16)15-13-27(7-6-17(15)24-18)14-4-5-20-19(12-14)25-22(29-20)26-8-10-28-11-9-26/h1-5,12,24H,6-11,13H2. The van der Waals surface area contributed by atoms with Crippen LogP contribution in [0.3, 0.4) is 0 Å². The van der Waals surface area contributed by atoms with Gasteiger partial charge in [0.1, 0.15) is 11.3 Å². The third-order valence-corrected chi connectivity index (χ3v) is 5.95. The Kier molecular flexibility index (Phi) is 3.77. The number of H-pyrrole nitrogens is 1. The van der Waals surface area contributed by atoms with Gasteiger partial charge in [0.05, 0.1) is 13.2 Å². The van der Waals surface area contributed by atoms with Crippen molar-refractivity contribution in [3.8, 4) is 0 Å². The van der Waals surface area contributed by atoms with Gasteiger partial charge in [-0.15, -0.1) is 0 Å². The second kappa shape index (κ2) is 6.49. The molecule has 0 atom stereocenters. The Hall–Kier alpha value is -3.06. The van der Waals surface area contributed by atoms with E-state index in [4.69, 9.17) is 14.1 Å². The highest BCUT2D eigenvalue weighted by Gasteiger charge is 2.23. The van der Waals surface area contributed by atoms with Gasteiger partial charge in [-0.3, -0.25) is 0 Å². The van der Waals surface area contributed by atoms with E-state index in [0.717, 1.165) is 59.6 Å². The van der Waals surface area contributed by atoms with Gasteiger partial charge in [-0.1, -0.05) is 6.07 Å². The molecule has 1 saturated heterocycles. The zero-order chi connectivity index (χ0) is 19.4. The topological polar surface area (TPSA) is 57.5 Å². The lowest BCUT2D eigenvalue weighted by atomic mass is 10.0. The highest BCUT2D eigenvalue weighted by Crippen LogP contribution is 2.33.